The van der Waals surface area contributed by atoms with E-state index in [-0.39, 0.29) is 0 Å². The van der Waals surface area contributed by atoms with Gasteiger partial charge in [-0.15, -0.1) is 0 Å². The molecule has 0 aliphatic heterocycles. The second-order valence-corrected chi connectivity index (χ2v) is 4.51. The smallest absolute Gasteiger partial charge is 0.110 e. The van der Waals surface area contributed by atoms with Gasteiger partial charge < -0.3 is 9.88 Å². The summed E-state index contributed by atoms with van der Waals surface area (Å²) in [6, 6.07) is 6.53. The fraction of sp³-hybridized carbons (Fsp3) is 0.357. The van der Waals surface area contributed by atoms with Gasteiger partial charge in [0.2, 0.25) is 0 Å². The Morgan fingerprint density at radius 1 is 1.18 bits per heavy atom. The summed E-state index contributed by atoms with van der Waals surface area (Å²) in [6.07, 6.45) is 4.76. The minimum absolute atomic E-state index is 0.910. The zero-order valence-corrected chi connectivity index (χ0v) is 10.7. The number of aromatic nitrogens is 2. The first-order chi connectivity index (χ1) is 8.15. The predicted molar refractivity (Wildman–Crippen MR) is 71.3 cm³/mol. The number of aryl methyl sites for hydroxylation is 3. The molecule has 0 saturated heterocycles. The van der Waals surface area contributed by atoms with Gasteiger partial charge in [0.1, 0.15) is 5.82 Å². The van der Waals surface area contributed by atoms with Gasteiger partial charge in [0.25, 0.3) is 0 Å². The average Bonchev–Trinajstić information content (AvgIpc) is 2.63. The van der Waals surface area contributed by atoms with E-state index in [1.807, 2.05) is 19.4 Å². The minimum atomic E-state index is 0.910. The van der Waals surface area contributed by atoms with Crippen molar-refractivity contribution in [2.75, 3.05) is 11.9 Å². The largest absolute Gasteiger partial charge is 0.385 e. The van der Waals surface area contributed by atoms with Gasteiger partial charge in [-0.3, -0.25) is 0 Å². The lowest BCUT2D eigenvalue weighted by Crippen LogP contribution is -2.08. The second-order valence-electron chi connectivity index (χ2n) is 4.51. The molecule has 17 heavy (non-hydrogen) atoms. The van der Waals surface area contributed by atoms with Crippen LogP contribution >= 0.6 is 0 Å². The number of rotatable bonds is 4. The molecule has 1 heterocycles. The highest BCUT2D eigenvalue weighted by Gasteiger charge is 1.99. The molecular formula is C14H19N3. The summed E-state index contributed by atoms with van der Waals surface area (Å²) in [6.45, 7) is 5.15. The third-order valence-corrected chi connectivity index (χ3v) is 2.82. The summed E-state index contributed by atoms with van der Waals surface area (Å²) in [5.41, 5.74) is 3.78. The number of benzene rings is 1. The number of nitrogens with one attached hydrogen (secondary N) is 1. The maximum absolute atomic E-state index is 4.31. The zero-order valence-electron chi connectivity index (χ0n) is 10.7. The van der Waals surface area contributed by atoms with Crippen molar-refractivity contribution in [3.63, 3.8) is 0 Å². The Kier molecular flexibility index (Phi) is 3.47. The molecule has 0 radical (unpaired) electrons. The highest BCUT2D eigenvalue weighted by molar-refractivity contribution is 5.48. The summed E-state index contributed by atoms with van der Waals surface area (Å²) in [5, 5.41) is 3.44. The third kappa shape index (κ3) is 3.09. The van der Waals surface area contributed by atoms with E-state index in [1.165, 1.54) is 16.8 Å². The zero-order chi connectivity index (χ0) is 12.3. The molecule has 0 bridgehead atoms. The fourth-order valence-corrected chi connectivity index (χ4v) is 2.03. The van der Waals surface area contributed by atoms with Crippen LogP contribution in [0.2, 0.25) is 0 Å². The van der Waals surface area contributed by atoms with Crippen molar-refractivity contribution in [2.45, 2.75) is 20.3 Å². The van der Waals surface area contributed by atoms with Crippen LogP contribution < -0.4 is 5.32 Å². The summed E-state index contributed by atoms with van der Waals surface area (Å²) >= 11 is 0. The number of imidazole rings is 1. The van der Waals surface area contributed by atoms with Gasteiger partial charge in [-0.1, -0.05) is 6.07 Å². The number of anilines is 1. The summed E-state index contributed by atoms with van der Waals surface area (Å²) in [7, 11) is 2.03. The van der Waals surface area contributed by atoms with Crippen LogP contribution in [0.1, 0.15) is 17.0 Å². The molecule has 1 aromatic carbocycles. The van der Waals surface area contributed by atoms with Crippen LogP contribution in [0.4, 0.5) is 5.69 Å². The predicted octanol–water partition coefficient (Wildman–Crippen LogP) is 2.69. The Morgan fingerprint density at radius 3 is 2.47 bits per heavy atom. The molecule has 1 aromatic heterocycles. The summed E-state index contributed by atoms with van der Waals surface area (Å²) in [5.74, 6) is 1.11. The lowest BCUT2D eigenvalue weighted by molar-refractivity contribution is 0.789. The standard InChI is InChI=1S/C14H19N3/c1-11-8-12(2)10-13(9-11)15-5-4-14-16-6-7-17(14)3/h6-10,15H,4-5H2,1-3H3. The van der Waals surface area contributed by atoms with Gasteiger partial charge in [-0.2, -0.15) is 0 Å². The van der Waals surface area contributed by atoms with E-state index in [4.69, 9.17) is 0 Å². The summed E-state index contributed by atoms with van der Waals surface area (Å²) in [4.78, 5) is 4.31. The summed E-state index contributed by atoms with van der Waals surface area (Å²) < 4.78 is 2.06. The van der Waals surface area contributed by atoms with Crippen LogP contribution in [0.25, 0.3) is 0 Å². The topological polar surface area (TPSA) is 29.9 Å². The average molecular weight is 229 g/mol. The van der Waals surface area contributed by atoms with Crippen LogP contribution in [-0.2, 0) is 13.5 Å². The first-order valence-corrected chi connectivity index (χ1v) is 5.93. The monoisotopic (exact) mass is 229 g/mol. The number of hydrogen-bond acceptors (Lipinski definition) is 2. The van der Waals surface area contributed by atoms with Gasteiger partial charge in [0.15, 0.2) is 0 Å². The first-order valence-electron chi connectivity index (χ1n) is 5.93. The number of hydrogen-bond donors (Lipinski definition) is 1. The molecule has 0 unspecified atom stereocenters. The molecule has 90 valence electrons. The Labute approximate surface area is 103 Å². The van der Waals surface area contributed by atoms with Crippen LogP contribution in [0, 0.1) is 13.8 Å². The fourth-order valence-electron chi connectivity index (χ4n) is 2.03. The Bertz CT molecular complexity index is 480. The molecule has 0 atom stereocenters. The lowest BCUT2D eigenvalue weighted by atomic mass is 10.1. The highest BCUT2D eigenvalue weighted by Crippen LogP contribution is 2.13. The first kappa shape index (κ1) is 11.7. The quantitative estimate of drug-likeness (QED) is 0.873. The van der Waals surface area contributed by atoms with E-state index < -0.39 is 0 Å². The molecule has 1 N–H and O–H groups in total. The van der Waals surface area contributed by atoms with E-state index in [0.717, 1.165) is 18.8 Å². The van der Waals surface area contributed by atoms with E-state index in [2.05, 4.69) is 46.9 Å². The van der Waals surface area contributed by atoms with Crippen molar-refractivity contribution in [2.24, 2.45) is 7.05 Å². The highest BCUT2D eigenvalue weighted by atomic mass is 15.0. The van der Waals surface area contributed by atoms with E-state index in [0.29, 0.717) is 0 Å². The normalized spacial score (nSPS) is 10.5. The Hall–Kier alpha value is -1.77. The van der Waals surface area contributed by atoms with Gasteiger partial charge in [-0.05, 0) is 37.1 Å². The van der Waals surface area contributed by atoms with E-state index in [9.17, 15) is 0 Å². The molecule has 3 heteroatoms. The van der Waals surface area contributed by atoms with Crippen molar-refractivity contribution in [1.29, 1.82) is 0 Å². The third-order valence-electron chi connectivity index (χ3n) is 2.82. The molecular weight excluding hydrogens is 210 g/mol. The SMILES string of the molecule is Cc1cc(C)cc(NCCc2nccn2C)c1. The lowest BCUT2D eigenvalue weighted by Gasteiger charge is -2.08. The van der Waals surface area contributed by atoms with Crippen molar-refractivity contribution < 1.29 is 0 Å². The van der Waals surface area contributed by atoms with Crippen molar-refractivity contribution >= 4 is 5.69 Å². The van der Waals surface area contributed by atoms with Crippen molar-refractivity contribution in [3.05, 3.63) is 47.5 Å². The van der Waals surface area contributed by atoms with Gasteiger partial charge in [-0.25, -0.2) is 4.98 Å². The van der Waals surface area contributed by atoms with Crippen LogP contribution in [-0.4, -0.2) is 16.1 Å². The molecule has 0 aliphatic rings. The maximum atomic E-state index is 4.31. The van der Waals surface area contributed by atoms with Crippen LogP contribution in [0.5, 0.6) is 0 Å². The van der Waals surface area contributed by atoms with Crippen LogP contribution in [0.15, 0.2) is 30.6 Å². The number of nitrogens with zero attached hydrogens (tertiary/aromatic N) is 2. The molecule has 0 saturated carbocycles. The Morgan fingerprint density at radius 2 is 1.88 bits per heavy atom. The second kappa shape index (κ2) is 5.04. The minimum Gasteiger partial charge on any atom is -0.385 e. The van der Waals surface area contributed by atoms with Gasteiger partial charge >= 0.3 is 0 Å². The molecule has 0 aliphatic carbocycles. The molecule has 0 spiro atoms. The molecule has 2 aromatic rings. The molecule has 2 rings (SSSR count). The Balaban J connectivity index is 1.92. The van der Waals surface area contributed by atoms with Crippen molar-refractivity contribution in [3.8, 4) is 0 Å². The molecule has 0 fully saturated rings. The van der Waals surface area contributed by atoms with E-state index in [1.54, 1.807) is 0 Å². The molecule has 3 nitrogen and oxygen atoms in total. The van der Waals surface area contributed by atoms with E-state index >= 15 is 0 Å². The molecule has 0 amide bonds. The van der Waals surface area contributed by atoms with Gasteiger partial charge in [0, 0.05) is 38.1 Å². The maximum Gasteiger partial charge on any atom is 0.110 e. The van der Waals surface area contributed by atoms with Crippen LogP contribution in [0.3, 0.4) is 0 Å². The van der Waals surface area contributed by atoms with Gasteiger partial charge in [0.05, 0.1) is 0 Å². The van der Waals surface area contributed by atoms with Crippen molar-refractivity contribution in [1.82, 2.24) is 9.55 Å².